The summed E-state index contributed by atoms with van der Waals surface area (Å²) in [5.74, 6) is 0.169. The number of nitrogens with one attached hydrogen (secondary N) is 2. The molecule has 2 aromatic rings. The highest BCUT2D eigenvalue weighted by molar-refractivity contribution is 7.80. The molecule has 0 aliphatic carbocycles. The van der Waals surface area contributed by atoms with E-state index in [0.717, 1.165) is 0 Å². The normalized spacial score (nSPS) is 15.2. The number of amides is 1. The van der Waals surface area contributed by atoms with Crippen LogP contribution in [0.3, 0.4) is 0 Å². The van der Waals surface area contributed by atoms with E-state index in [0.29, 0.717) is 27.8 Å². The Morgan fingerprint density at radius 2 is 2.12 bits per heavy atom. The first-order valence-corrected chi connectivity index (χ1v) is 8.17. The van der Waals surface area contributed by atoms with E-state index in [4.69, 9.17) is 33.0 Å². The third-order valence-corrected chi connectivity index (χ3v) is 3.91. The van der Waals surface area contributed by atoms with Crippen LogP contribution in [0, 0.1) is 0 Å². The van der Waals surface area contributed by atoms with Crippen LogP contribution in [0.1, 0.15) is 23.0 Å². The molecule has 1 aromatic carbocycles. The van der Waals surface area contributed by atoms with Gasteiger partial charge in [0.25, 0.3) is 5.91 Å². The summed E-state index contributed by atoms with van der Waals surface area (Å²) in [4.78, 5) is 23.6. The van der Waals surface area contributed by atoms with E-state index < -0.39 is 5.97 Å². The van der Waals surface area contributed by atoms with Crippen LogP contribution in [0.15, 0.2) is 40.4 Å². The number of furan rings is 1. The van der Waals surface area contributed by atoms with Crippen molar-refractivity contribution in [3.63, 3.8) is 0 Å². The fourth-order valence-electron chi connectivity index (χ4n) is 2.25. The van der Waals surface area contributed by atoms with Gasteiger partial charge in [-0.1, -0.05) is 11.6 Å². The van der Waals surface area contributed by atoms with E-state index in [1.165, 1.54) is 0 Å². The Morgan fingerprint density at radius 3 is 2.80 bits per heavy atom. The molecule has 0 radical (unpaired) electrons. The fourth-order valence-corrected chi connectivity index (χ4v) is 2.65. The van der Waals surface area contributed by atoms with Crippen LogP contribution in [-0.4, -0.2) is 23.6 Å². The number of ether oxygens (including phenoxy) is 1. The maximum atomic E-state index is 11.9. The predicted octanol–water partition coefficient (Wildman–Crippen LogP) is 3.12. The third-order valence-electron chi connectivity index (χ3n) is 3.38. The summed E-state index contributed by atoms with van der Waals surface area (Å²) in [6.07, 6.45) is 1.54. The highest BCUT2D eigenvalue weighted by Crippen LogP contribution is 2.28. The van der Waals surface area contributed by atoms with Crippen molar-refractivity contribution in [3.8, 4) is 11.3 Å². The first-order chi connectivity index (χ1) is 12.0. The number of benzene rings is 1. The minimum Gasteiger partial charge on any atom is -0.462 e. The van der Waals surface area contributed by atoms with Crippen molar-refractivity contribution in [2.24, 2.45) is 0 Å². The largest absolute Gasteiger partial charge is 0.462 e. The molecule has 3 rings (SSSR count). The average molecular weight is 377 g/mol. The van der Waals surface area contributed by atoms with Gasteiger partial charge in [0, 0.05) is 11.6 Å². The SMILES string of the molecule is CCOC(=O)c1cc(-c2ccc(C=C3NC(=S)NC3=O)o2)ccc1Cl. The van der Waals surface area contributed by atoms with Crippen LogP contribution in [0.5, 0.6) is 0 Å². The zero-order valence-electron chi connectivity index (χ0n) is 13.1. The number of rotatable bonds is 4. The molecule has 2 N–H and O–H groups in total. The van der Waals surface area contributed by atoms with Crippen LogP contribution >= 0.6 is 23.8 Å². The molecule has 0 spiro atoms. The highest BCUT2D eigenvalue weighted by atomic mass is 35.5. The lowest BCUT2D eigenvalue weighted by molar-refractivity contribution is -0.115. The van der Waals surface area contributed by atoms with Crippen LogP contribution in [0.4, 0.5) is 0 Å². The molecule has 1 amide bonds. The number of hydrogen-bond donors (Lipinski definition) is 2. The first-order valence-electron chi connectivity index (χ1n) is 7.39. The molecule has 25 heavy (non-hydrogen) atoms. The molecule has 128 valence electrons. The molecule has 1 saturated heterocycles. The van der Waals surface area contributed by atoms with E-state index in [-0.39, 0.29) is 23.2 Å². The number of hydrogen-bond acceptors (Lipinski definition) is 5. The molecule has 0 atom stereocenters. The van der Waals surface area contributed by atoms with Crippen molar-refractivity contribution in [3.05, 3.63) is 52.4 Å². The second kappa shape index (κ2) is 7.08. The van der Waals surface area contributed by atoms with Gasteiger partial charge in [-0.15, -0.1) is 0 Å². The van der Waals surface area contributed by atoms with Crippen LogP contribution in [-0.2, 0) is 9.53 Å². The monoisotopic (exact) mass is 376 g/mol. The lowest BCUT2D eigenvalue weighted by Gasteiger charge is -2.05. The molecule has 8 heteroatoms. The average Bonchev–Trinajstić information content (AvgIpc) is 3.15. The minimum atomic E-state index is -0.497. The molecular formula is C17H13ClN2O4S. The topological polar surface area (TPSA) is 80.6 Å². The quantitative estimate of drug-likeness (QED) is 0.485. The molecular weight excluding hydrogens is 364 g/mol. The second-order valence-electron chi connectivity index (χ2n) is 5.08. The molecule has 0 unspecified atom stereocenters. The van der Waals surface area contributed by atoms with Crippen molar-refractivity contribution >= 4 is 46.9 Å². The minimum absolute atomic E-state index is 0.250. The number of halogens is 1. The van der Waals surface area contributed by atoms with Crippen LogP contribution in [0.25, 0.3) is 17.4 Å². The van der Waals surface area contributed by atoms with Crippen LogP contribution < -0.4 is 10.6 Å². The zero-order chi connectivity index (χ0) is 18.0. The van der Waals surface area contributed by atoms with Crippen molar-refractivity contribution in [2.45, 2.75) is 6.92 Å². The van der Waals surface area contributed by atoms with Crippen molar-refractivity contribution in [1.29, 1.82) is 0 Å². The summed E-state index contributed by atoms with van der Waals surface area (Å²) in [5.41, 5.74) is 1.23. The van der Waals surface area contributed by atoms with Crippen molar-refractivity contribution in [2.75, 3.05) is 6.61 Å². The van der Waals surface area contributed by atoms with Gasteiger partial charge in [-0.25, -0.2) is 4.79 Å². The van der Waals surface area contributed by atoms with Gasteiger partial charge in [0.1, 0.15) is 17.2 Å². The van der Waals surface area contributed by atoms with E-state index in [1.54, 1.807) is 43.3 Å². The van der Waals surface area contributed by atoms with Crippen LogP contribution in [0.2, 0.25) is 5.02 Å². The Kier molecular flexibility index (Phi) is 4.87. The third kappa shape index (κ3) is 3.72. The molecule has 6 nitrogen and oxygen atoms in total. The maximum Gasteiger partial charge on any atom is 0.339 e. The summed E-state index contributed by atoms with van der Waals surface area (Å²) in [7, 11) is 0. The number of esters is 1. The Balaban J connectivity index is 1.89. The summed E-state index contributed by atoms with van der Waals surface area (Å²) in [5, 5.41) is 5.76. The van der Waals surface area contributed by atoms with E-state index in [2.05, 4.69) is 10.6 Å². The molecule has 1 aromatic heterocycles. The van der Waals surface area contributed by atoms with Gasteiger partial charge in [0.05, 0.1) is 17.2 Å². The van der Waals surface area contributed by atoms with Gasteiger partial charge in [0.15, 0.2) is 5.11 Å². The Hall–Kier alpha value is -2.64. The van der Waals surface area contributed by atoms with Gasteiger partial charge < -0.3 is 14.5 Å². The van der Waals surface area contributed by atoms with Gasteiger partial charge in [0.2, 0.25) is 0 Å². The molecule has 1 aliphatic heterocycles. The maximum absolute atomic E-state index is 11.9. The lowest BCUT2D eigenvalue weighted by atomic mass is 10.1. The van der Waals surface area contributed by atoms with Gasteiger partial charge in [-0.2, -0.15) is 0 Å². The van der Waals surface area contributed by atoms with Crippen molar-refractivity contribution < 1.29 is 18.7 Å². The number of carbonyl (C=O) groups is 2. The fraction of sp³-hybridized carbons (Fsp3) is 0.118. The second-order valence-corrected chi connectivity index (χ2v) is 5.90. The highest BCUT2D eigenvalue weighted by Gasteiger charge is 2.21. The first kappa shape index (κ1) is 17.2. The number of carbonyl (C=O) groups excluding carboxylic acids is 2. The summed E-state index contributed by atoms with van der Waals surface area (Å²) in [6.45, 7) is 1.98. The van der Waals surface area contributed by atoms with E-state index >= 15 is 0 Å². The van der Waals surface area contributed by atoms with E-state index in [1.807, 2.05) is 0 Å². The Labute approximate surface area is 153 Å². The predicted molar refractivity (Wildman–Crippen MR) is 97.0 cm³/mol. The van der Waals surface area contributed by atoms with Gasteiger partial charge >= 0.3 is 5.97 Å². The summed E-state index contributed by atoms with van der Waals surface area (Å²) in [6, 6.07) is 8.38. The lowest BCUT2D eigenvalue weighted by Crippen LogP contribution is -2.21. The van der Waals surface area contributed by atoms with Gasteiger partial charge in [-0.05, 0) is 49.5 Å². The molecule has 2 heterocycles. The summed E-state index contributed by atoms with van der Waals surface area (Å²) < 4.78 is 10.7. The Morgan fingerprint density at radius 1 is 1.32 bits per heavy atom. The number of thiocarbonyl (C=S) groups is 1. The standard InChI is InChI=1S/C17H13ClN2O4S/c1-2-23-16(22)11-7-9(3-5-12(11)18)14-6-4-10(24-14)8-13-15(21)20-17(25)19-13/h3-8H,2H2,1H3,(H2,19,20,21,25). The molecule has 0 bridgehead atoms. The smallest absolute Gasteiger partial charge is 0.339 e. The Bertz CT molecular complexity index is 904. The molecule has 1 aliphatic rings. The summed E-state index contributed by atoms with van der Waals surface area (Å²) >= 11 is 10.9. The van der Waals surface area contributed by atoms with E-state index in [9.17, 15) is 9.59 Å². The molecule has 1 fully saturated rings. The molecule has 0 saturated carbocycles. The zero-order valence-corrected chi connectivity index (χ0v) is 14.7. The van der Waals surface area contributed by atoms with Gasteiger partial charge in [-0.3, -0.25) is 10.1 Å². The van der Waals surface area contributed by atoms with Crippen molar-refractivity contribution in [1.82, 2.24) is 10.6 Å².